The van der Waals surface area contributed by atoms with Gasteiger partial charge in [0.1, 0.15) is 6.23 Å². The number of hydrogen-bond donors (Lipinski definition) is 1. The van der Waals surface area contributed by atoms with Crippen molar-refractivity contribution in [1.29, 1.82) is 0 Å². The summed E-state index contributed by atoms with van der Waals surface area (Å²) in [7, 11) is 0. The Balaban J connectivity index is 1.73. The van der Waals surface area contributed by atoms with Gasteiger partial charge in [0.2, 0.25) is 0 Å². The minimum absolute atomic E-state index is 0.185. The van der Waals surface area contributed by atoms with Gasteiger partial charge in [-0.3, -0.25) is 4.90 Å². The Morgan fingerprint density at radius 2 is 1.71 bits per heavy atom. The Morgan fingerprint density at radius 3 is 2.36 bits per heavy atom. The first-order chi connectivity index (χ1) is 13.3. The molecule has 3 nitrogen and oxygen atoms in total. The van der Waals surface area contributed by atoms with Gasteiger partial charge in [0, 0.05) is 18.8 Å². The summed E-state index contributed by atoms with van der Waals surface area (Å²) in [5, 5.41) is 11.1. The predicted molar refractivity (Wildman–Crippen MR) is 120 cm³/mol. The molecule has 0 spiro atoms. The van der Waals surface area contributed by atoms with Crippen LogP contribution in [0.1, 0.15) is 84.6 Å². The number of hydrogen-bond acceptors (Lipinski definition) is 3. The lowest BCUT2D eigenvalue weighted by atomic mass is 9.68. The van der Waals surface area contributed by atoms with E-state index in [2.05, 4.69) is 68.7 Å². The number of unbranched alkanes of at least 4 members (excludes halogenated alkanes) is 1. The maximum atomic E-state index is 11.1. The van der Waals surface area contributed by atoms with Crippen molar-refractivity contribution in [1.82, 2.24) is 4.90 Å². The fourth-order valence-corrected chi connectivity index (χ4v) is 5.33. The second-order valence-electron chi connectivity index (χ2n) is 10.2. The SMILES string of the molecule is CCCCN1CCN(c2ccccc2C2CCC(C(C)(C)C)CC2)C(O)C1C. The molecule has 1 aromatic carbocycles. The minimum atomic E-state index is -0.419. The van der Waals surface area contributed by atoms with Crippen molar-refractivity contribution in [2.45, 2.75) is 91.3 Å². The molecule has 0 radical (unpaired) electrons. The van der Waals surface area contributed by atoms with Crippen LogP contribution in [0.2, 0.25) is 0 Å². The highest BCUT2D eigenvalue weighted by atomic mass is 16.3. The van der Waals surface area contributed by atoms with E-state index in [4.69, 9.17) is 0 Å². The lowest BCUT2D eigenvalue weighted by Gasteiger charge is -2.46. The monoisotopic (exact) mass is 386 g/mol. The second kappa shape index (κ2) is 9.17. The van der Waals surface area contributed by atoms with Crippen LogP contribution in [0.5, 0.6) is 0 Å². The highest BCUT2D eigenvalue weighted by Gasteiger charge is 2.35. The van der Waals surface area contributed by atoms with Crippen molar-refractivity contribution in [3.63, 3.8) is 0 Å². The highest BCUT2D eigenvalue weighted by Crippen LogP contribution is 2.45. The summed E-state index contributed by atoms with van der Waals surface area (Å²) >= 11 is 0. The van der Waals surface area contributed by atoms with Crippen molar-refractivity contribution in [3.8, 4) is 0 Å². The van der Waals surface area contributed by atoms with Gasteiger partial charge < -0.3 is 10.0 Å². The zero-order valence-electron chi connectivity index (χ0n) is 18.8. The fourth-order valence-electron chi connectivity index (χ4n) is 5.33. The van der Waals surface area contributed by atoms with E-state index in [9.17, 15) is 5.11 Å². The average Bonchev–Trinajstić information content (AvgIpc) is 2.69. The van der Waals surface area contributed by atoms with Gasteiger partial charge in [-0.05, 0) is 74.5 Å². The van der Waals surface area contributed by atoms with Crippen molar-refractivity contribution >= 4 is 5.69 Å². The first kappa shape index (κ1) is 21.6. The van der Waals surface area contributed by atoms with Gasteiger partial charge in [-0.2, -0.15) is 0 Å². The van der Waals surface area contributed by atoms with Crippen LogP contribution >= 0.6 is 0 Å². The van der Waals surface area contributed by atoms with E-state index < -0.39 is 6.23 Å². The molecule has 0 aromatic heterocycles. The molecule has 158 valence electrons. The summed E-state index contributed by atoms with van der Waals surface area (Å²) in [6.45, 7) is 14.7. The maximum absolute atomic E-state index is 11.1. The molecular weight excluding hydrogens is 344 g/mol. The summed E-state index contributed by atoms with van der Waals surface area (Å²) in [4.78, 5) is 4.74. The standard InChI is InChI=1S/C25H42N2O/c1-6-7-16-26-17-18-27(24(28)19(26)2)23-11-9-8-10-22(23)20-12-14-21(15-13-20)25(3,4)5/h8-11,19-21,24,28H,6-7,12-18H2,1-5H3. The van der Waals surface area contributed by atoms with E-state index in [0.29, 0.717) is 11.3 Å². The van der Waals surface area contributed by atoms with E-state index in [0.717, 1.165) is 25.6 Å². The molecule has 2 unspecified atom stereocenters. The molecule has 1 N–H and O–H groups in total. The molecule has 0 amide bonds. The van der Waals surface area contributed by atoms with Crippen LogP contribution in [0, 0.1) is 11.3 Å². The normalized spacial score (nSPS) is 29.9. The second-order valence-corrected chi connectivity index (χ2v) is 10.2. The molecule has 2 aliphatic rings. The van der Waals surface area contributed by atoms with Gasteiger partial charge in [0.05, 0.1) is 6.04 Å². The van der Waals surface area contributed by atoms with Crippen molar-refractivity contribution in [2.24, 2.45) is 11.3 Å². The zero-order chi connectivity index (χ0) is 20.3. The maximum Gasteiger partial charge on any atom is 0.142 e. The van der Waals surface area contributed by atoms with Crippen molar-refractivity contribution in [3.05, 3.63) is 29.8 Å². The Hall–Kier alpha value is -1.06. The molecule has 3 heteroatoms. The Labute approximate surface area is 173 Å². The summed E-state index contributed by atoms with van der Waals surface area (Å²) in [6.07, 6.45) is 7.21. The van der Waals surface area contributed by atoms with Crippen LogP contribution in [0.3, 0.4) is 0 Å². The quantitative estimate of drug-likeness (QED) is 0.710. The Morgan fingerprint density at radius 1 is 1.04 bits per heavy atom. The van der Waals surface area contributed by atoms with Crippen LogP contribution in [-0.4, -0.2) is 41.9 Å². The number of piperazine rings is 1. The molecule has 28 heavy (non-hydrogen) atoms. The third-order valence-corrected chi connectivity index (χ3v) is 7.39. The largest absolute Gasteiger partial charge is 0.372 e. The first-order valence-electron chi connectivity index (χ1n) is 11.6. The Kier molecular flexibility index (Phi) is 7.09. The average molecular weight is 387 g/mol. The zero-order valence-corrected chi connectivity index (χ0v) is 18.8. The molecule has 0 bridgehead atoms. The molecule has 2 atom stereocenters. The number of aliphatic hydroxyl groups is 1. The van der Waals surface area contributed by atoms with E-state index in [1.807, 2.05) is 0 Å². The molecule has 1 saturated heterocycles. The molecule has 1 aromatic rings. The van der Waals surface area contributed by atoms with Crippen molar-refractivity contribution < 1.29 is 5.11 Å². The van der Waals surface area contributed by atoms with Gasteiger partial charge in [0.25, 0.3) is 0 Å². The van der Waals surface area contributed by atoms with Crippen LogP contribution in [0.25, 0.3) is 0 Å². The molecule has 1 heterocycles. The molecule has 1 saturated carbocycles. The minimum Gasteiger partial charge on any atom is -0.372 e. The number of anilines is 1. The van der Waals surface area contributed by atoms with Crippen LogP contribution in [-0.2, 0) is 0 Å². The fraction of sp³-hybridized carbons (Fsp3) is 0.760. The van der Waals surface area contributed by atoms with Gasteiger partial charge in [-0.15, -0.1) is 0 Å². The van der Waals surface area contributed by atoms with Crippen LogP contribution in [0.15, 0.2) is 24.3 Å². The lowest BCUT2D eigenvalue weighted by Crippen LogP contribution is -2.59. The number of benzene rings is 1. The van der Waals surface area contributed by atoms with E-state index in [-0.39, 0.29) is 6.04 Å². The van der Waals surface area contributed by atoms with Gasteiger partial charge >= 0.3 is 0 Å². The number of nitrogens with zero attached hydrogens (tertiary/aromatic N) is 2. The summed E-state index contributed by atoms with van der Waals surface area (Å²) < 4.78 is 0. The molecule has 3 rings (SSSR count). The highest BCUT2D eigenvalue weighted by molar-refractivity contribution is 5.56. The van der Waals surface area contributed by atoms with E-state index in [1.165, 1.54) is 49.8 Å². The number of para-hydroxylation sites is 1. The Bertz CT molecular complexity index is 615. The van der Waals surface area contributed by atoms with Crippen molar-refractivity contribution in [2.75, 3.05) is 24.5 Å². The lowest BCUT2D eigenvalue weighted by molar-refractivity contribution is 0.0295. The molecule has 1 aliphatic heterocycles. The third kappa shape index (κ3) is 4.74. The molecule has 1 aliphatic carbocycles. The molecular formula is C25H42N2O. The van der Waals surface area contributed by atoms with Crippen LogP contribution in [0.4, 0.5) is 5.69 Å². The smallest absolute Gasteiger partial charge is 0.142 e. The van der Waals surface area contributed by atoms with Gasteiger partial charge in [-0.25, -0.2) is 0 Å². The predicted octanol–water partition coefficient (Wildman–Crippen LogP) is 5.64. The van der Waals surface area contributed by atoms with Gasteiger partial charge in [0.15, 0.2) is 0 Å². The van der Waals surface area contributed by atoms with Gasteiger partial charge in [-0.1, -0.05) is 52.3 Å². The summed E-state index contributed by atoms with van der Waals surface area (Å²) in [5.74, 6) is 1.47. The van der Waals surface area contributed by atoms with Crippen LogP contribution < -0.4 is 4.90 Å². The summed E-state index contributed by atoms with van der Waals surface area (Å²) in [6, 6.07) is 9.06. The summed E-state index contributed by atoms with van der Waals surface area (Å²) in [5.41, 5.74) is 3.16. The third-order valence-electron chi connectivity index (χ3n) is 7.39. The number of aliphatic hydroxyl groups excluding tert-OH is 1. The number of rotatable bonds is 5. The van der Waals surface area contributed by atoms with E-state index in [1.54, 1.807) is 0 Å². The topological polar surface area (TPSA) is 26.7 Å². The van der Waals surface area contributed by atoms with E-state index >= 15 is 0 Å². The first-order valence-corrected chi connectivity index (χ1v) is 11.6. The molecule has 2 fully saturated rings.